The van der Waals surface area contributed by atoms with E-state index in [2.05, 4.69) is 15.4 Å². The first kappa shape index (κ1) is 16.3. The third-order valence-corrected chi connectivity index (χ3v) is 4.13. The zero-order chi connectivity index (χ0) is 17.1. The number of aryl methyl sites for hydroxylation is 2. The van der Waals surface area contributed by atoms with E-state index in [1.165, 1.54) is 0 Å². The number of hydrogen-bond donors (Lipinski definition) is 1. The highest BCUT2D eigenvalue weighted by molar-refractivity contribution is 5.79. The number of amides is 1. The average Bonchev–Trinajstić information content (AvgIpc) is 2.91. The molecule has 1 aromatic heterocycles. The average molecular weight is 330 g/mol. The Balaban J connectivity index is 1.55. The zero-order valence-electron chi connectivity index (χ0n) is 14.2. The van der Waals surface area contributed by atoms with Crippen LogP contribution in [0, 0.1) is 19.8 Å². The summed E-state index contributed by atoms with van der Waals surface area (Å²) >= 11 is 0. The second-order valence-electron chi connectivity index (χ2n) is 5.88. The highest BCUT2D eigenvalue weighted by atomic mass is 16.5. The van der Waals surface area contributed by atoms with Crippen molar-refractivity contribution in [1.82, 2.24) is 20.1 Å². The number of benzene rings is 1. The lowest BCUT2D eigenvalue weighted by atomic mass is 9.95. The monoisotopic (exact) mass is 330 g/mol. The predicted octanol–water partition coefficient (Wildman–Crippen LogP) is 1.27. The van der Waals surface area contributed by atoms with Crippen molar-refractivity contribution in [3.05, 3.63) is 35.4 Å². The highest BCUT2D eigenvalue weighted by Crippen LogP contribution is 2.35. The van der Waals surface area contributed by atoms with Crippen molar-refractivity contribution in [2.45, 2.75) is 26.8 Å². The fourth-order valence-electron chi connectivity index (χ4n) is 2.93. The molecule has 2 heterocycles. The van der Waals surface area contributed by atoms with Crippen molar-refractivity contribution in [3.8, 4) is 11.5 Å². The largest absolute Gasteiger partial charge is 0.493 e. The summed E-state index contributed by atoms with van der Waals surface area (Å²) in [6.07, 6.45) is 0.653. The van der Waals surface area contributed by atoms with Gasteiger partial charge in [0.1, 0.15) is 18.3 Å². The Labute approximate surface area is 141 Å². The summed E-state index contributed by atoms with van der Waals surface area (Å²) in [5, 5.41) is 7.24. The third-order valence-electron chi connectivity index (χ3n) is 4.13. The summed E-state index contributed by atoms with van der Waals surface area (Å²) in [5.74, 6) is 2.86. The van der Waals surface area contributed by atoms with Gasteiger partial charge in [-0.1, -0.05) is 12.1 Å². The fraction of sp³-hybridized carbons (Fsp3) is 0.471. The summed E-state index contributed by atoms with van der Waals surface area (Å²) < 4.78 is 12.8. The number of fused-ring (bicyclic) bond motifs is 1. The van der Waals surface area contributed by atoms with Crippen LogP contribution in [-0.2, 0) is 17.8 Å². The molecule has 0 saturated heterocycles. The molecule has 2 aromatic rings. The van der Waals surface area contributed by atoms with Crippen molar-refractivity contribution in [2.75, 3.05) is 20.3 Å². The lowest BCUT2D eigenvalue weighted by Crippen LogP contribution is -2.38. The Kier molecular flexibility index (Phi) is 4.69. The zero-order valence-corrected chi connectivity index (χ0v) is 14.2. The fourth-order valence-corrected chi connectivity index (χ4v) is 2.93. The molecule has 24 heavy (non-hydrogen) atoms. The summed E-state index contributed by atoms with van der Waals surface area (Å²) in [5.41, 5.74) is 1.00. The number of carbonyl (C=O) groups excluding carboxylic acids is 1. The lowest BCUT2D eigenvalue weighted by Gasteiger charge is -2.25. The van der Waals surface area contributed by atoms with Crippen LogP contribution in [0.1, 0.15) is 17.2 Å². The summed E-state index contributed by atoms with van der Waals surface area (Å²) in [6, 6.07) is 5.75. The smallest absolute Gasteiger partial charge is 0.226 e. The summed E-state index contributed by atoms with van der Waals surface area (Å²) in [6.45, 7) is 5.25. The van der Waals surface area contributed by atoms with Crippen molar-refractivity contribution in [3.63, 3.8) is 0 Å². The van der Waals surface area contributed by atoms with Gasteiger partial charge in [-0.15, -0.1) is 0 Å². The number of carbonyl (C=O) groups is 1. The van der Waals surface area contributed by atoms with Crippen LogP contribution in [-0.4, -0.2) is 40.9 Å². The van der Waals surface area contributed by atoms with Crippen LogP contribution in [0.5, 0.6) is 11.5 Å². The van der Waals surface area contributed by atoms with Gasteiger partial charge in [-0.2, -0.15) is 5.10 Å². The first-order chi connectivity index (χ1) is 11.6. The molecule has 1 aromatic carbocycles. The van der Waals surface area contributed by atoms with Gasteiger partial charge in [0.15, 0.2) is 11.5 Å². The second-order valence-corrected chi connectivity index (χ2v) is 5.88. The minimum Gasteiger partial charge on any atom is -0.493 e. The van der Waals surface area contributed by atoms with Crippen molar-refractivity contribution in [1.29, 1.82) is 0 Å². The molecule has 1 aliphatic rings. The number of aromatic nitrogens is 3. The van der Waals surface area contributed by atoms with E-state index >= 15 is 0 Å². The van der Waals surface area contributed by atoms with Gasteiger partial charge >= 0.3 is 0 Å². The van der Waals surface area contributed by atoms with E-state index in [-0.39, 0.29) is 11.8 Å². The van der Waals surface area contributed by atoms with E-state index < -0.39 is 0 Å². The Hall–Kier alpha value is -2.57. The van der Waals surface area contributed by atoms with E-state index in [1.54, 1.807) is 11.8 Å². The molecular weight excluding hydrogens is 308 g/mol. The summed E-state index contributed by atoms with van der Waals surface area (Å²) in [7, 11) is 1.62. The third kappa shape index (κ3) is 3.34. The van der Waals surface area contributed by atoms with E-state index in [4.69, 9.17) is 9.47 Å². The molecule has 1 atom stereocenters. The molecule has 0 fully saturated rings. The maximum Gasteiger partial charge on any atom is 0.226 e. The van der Waals surface area contributed by atoms with Crippen molar-refractivity contribution < 1.29 is 14.3 Å². The lowest BCUT2D eigenvalue weighted by molar-refractivity contribution is -0.126. The number of methoxy groups -OCH3 is 1. The number of hydrogen-bond acceptors (Lipinski definition) is 5. The minimum absolute atomic E-state index is 0.00189. The quantitative estimate of drug-likeness (QED) is 0.893. The van der Waals surface area contributed by atoms with Crippen LogP contribution in [0.25, 0.3) is 0 Å². The number of nitrogens with one attached hydrogen (secondary N) is 1. The molecular formula is C17H22N4O3. The van der Waals surface area contributed by atoms with Crippen molar-refractivity contribution >= 4 is 5.91 Å². The molecule has 1 aliphatic heterocycles. The van der Waals surface area contributed by atoms with Crippen molar-refractivity contribution in [2.24, 2.45) is 5.92 Å². The highest BCUT2D eigenvalue weighted by Gasteiger charge is 2.27. The van der Waals surface area contributed by atoms with Gasteiger partial charge < -0.3 is 14.8 Å². The van der Waals surface area contributed by atoms with E-state index in [1.807, 2.05) is 32.0 Å². The van der Waals surface area contributed by atoms with Gasteiger partial charge in [0.2, 0.25) is 5.91 Å². The van der Waals surface area contributed by atoms with Crippen LogP contribution < -0.4 is 14.8 Å². The molecule has 0 saturated carbocycles. The van der Waals surface area contributed by atoms with E-state index in [0.29, 0.717) is 31.9 Å². The molecule has 0 aliphatic carbocycles. The molecule has 7 nitrogen and oxygen atoms in total. The van der Waals surface area contributed by atoms with Gasteiger partial charge in [0.05, 0.1) is 19.6 Å². The maximum absolute atomic E-state index is 12.4. The number of nitrogens with zero attached hydrogens (tertiary/aromatic N) is 3. The molecule has 0 bridgehead atoms. The Morgan fingerprint density at radius 1 is 1.46 bits per heavy atom. The molecule has 0 spiro atoms. The second kappa shape index (κ2) is 6.90. The van der Waals surface area contributed by atoms with Gasteiger partial charge in [0.25, 0.3) is 0 Å². The number of para-hydroxylation sites is 1. The normalized spacial score (nSPS) is 16.2. The van der Waals surface area contributed by atoms with E-state index in [9.17, 15) is 4.79 Å². The van der Waals surface area contributed by atoms with Gasteiger partial charge in [-0.3, -0.25) is 4.79 Å². The number of rotatable bonds is 5. The number of ether oxygens (including phenoxy) is 2. The minimum atomic E-state index is -0.191. The SMILES string of the molecule is COc1cccc2c1OC[C@H](C(=O)NCCn1nc(C)nc1C)C2. The summed E-state index contributed by atoms with van der Waals surface area (Å²) in [4.78, 5) is 16.6. The molecule has 1 N–H and O–H groups in total. The van der Waals surface area contributed by atoms with Crippen LogP contribution >= 0.6 is 0 Å². The predicted molar refractivity (Wildman–Crippen MR) is 88.2 cm³/mol. The van der Waals surface area contributed by atoms with Gasteiger partial charge in [-0.05, 0) is 31.9 Å². The first-order valence-electron chi connectivity index (χ1n) is 8.03. The molecule has 1 amide bonds. The molecule has 3 rings (SSSR count). The van der Waals surface area contributed by atoms with E-state index in [0.717, 1.165) is 23.0 Å². The standard InChI is InChI=1S/C17H22N4O3/c1-11-19-12(2)21(20-11)8-7-18-17(22)14-9-13-5-4-6-15(23-3)16(13)24-10-14/h4-6,14H,7-10H2,1-3H3,(H,18,22)/t14-/m1/s1. The van der Waals surface area contributed by atoms with Gasteiger partial charge in [0, 0.05) is 6.54 Å². The molecule has 0 radical (unpaired) electrons. The Morgan fingerprint density at radius 3 is 3.00 bits per heavy atom. The molecule has 128 valence electrons. The molecule has 0 unspecified atom stereocenters. The Morgan fingerprint density at radius 2 is 2.29 bits per heavy atom. The van der Waals surface area contributed by atoms with Crippen LogP contribution in [0.4, 0.5) is 0 Å². The van der Waals surface area contributed by atoms with Crippen LogP contribution in [0.15, 0.2) is 18.2 Å². The van der Waals surface area contributed by atoms with Crippen LogP contribution in [0.2, 0.25) is 0 Å². The molecule has 7 heteroatoms. The topological polar surface area (TPSA) is 78.3 Å². The maximum atomic E-state index is 12.4. The Bertz CT molecular complexity index is 741. The van der Waals surface area contributed by atoms with Crippen LogP contribution in [0.3, 0.4) is 0 Å². The first-order valence-corrected chi connectivity index (χ1v) is 8.03. The van der Waals surface area contributed by atoms with Gasteiger partial charge in [-0.25, -0.2) is 9.67 Å².